The third kappa shape index (κ3) is 3.43. The van der Waals surface area contributed by atoms with Crippen LogP contribution in [-0.4, -0.2) is 53.4 Å². The van der Waals surface area contributed by atoms with E-state index in [2.05, 4.69) is 24.3 Å². The zero-order valence-electron chi connectivity index (χ0n) is 14.0. The summed E-state index contributed by atoms with van der Waals surface area (Å²) >= 11 is 0. The first-order valence-electron chi connectivity index (χ1n) is 8.64. The third-order valence-electron chi connectivity index (χ3n) is 5.06. The summed E-state index contributed by atoms with van der Waals surface area (Å²) in [5, 5.41) is 17.8. The van der Waals surface area contributed by atoms with Crippen molar-refractivity contribution in [1.82, 2.24) is 15.4 Å². The Kier molecular flexibility index (Phi) is 4.73. The first-order chi connectivity index (χ1) is 11.0. The van der Waals surface area contributed by atoms with Gasteiger partial charge in [0.1, 0.15) is 5.76 Å². The number of hydrogen-bond acceptors (Lipinski definition) is 5. The Labute approximate surface area is 137 Å². The Balaban J connectivity index is 1.70. The molecule has 0 aromatic carbocycles. The molecule has 6 nitrogen and oxygen atoms in total. The molecule has 1 aromatic rings. The summed E-state index contributed by atoms with van der Waals surface area (Å²) in [5.74, 6) is 1.14. The van der Waals surface area contributed by atoms with Gasteiger partial charge in [0.15, 0.2) is 5.69 Å². The molecule has 2 aliphatic rings. The summed E-state index contributed by atoms with van der Waals surface area (Å²) in [4.78, 5) is 14.6. The predicted octanol–water partition coefficient (Wildman–Crippen LogP) is 1.45. The molecule has 1 aromatic heterocycles. The van der Waals surface area contributed by atoms with E-state index >= 15 is 0 Å². The fourth-order valence-corrected chi connectivity index (χ4v) is 3.82. The van der Waals surface area contributed by atoms with E-state index in [0.717, 1.165) is 51.1 Å². The van der Waals surface area contributed by atoms with Crippen molar-refractivity contribution in [1.29, 1.82) is 0 Å². The van der Waals surface area contributed by atoms with Gasteiger partial charge in [0, 0.05) is 37.5 Å². The molecule has 0 radical (unpaired) electrons. The number of aliphatic hydroxyl groups excluding tert-OH is 1. The molecule has 2 N–H and O–H groups in total. The minimum atomic E-state index is -0.340. The van der Waals surface area contributed by atoms with Crippen molar-refractivity contribution in [3.05, 3.63) is 17.5 Å². The summed E-state index contributed by atoms with van der Waals surface area (Å²) in [5.41, 5.74) is 0.173. The van der Waals surface area contributed by atoms with Crippen molar-refractivity contribution in [3.8, 4) is 0 Å². The van der Waals surface area contributed by atoms with Crippen molar-refractivity contribution in [2.24, 2.45) is 11.3 Å². The smallest absolute Gasteiger partial charge is 0.276 e. The summed E-state index contributed by atoms with van der Waals surface area (Å²) < 4.78 is 5.29. The molecule has 2 atom stereocenters. The van der Waals surface area contributed by atoms with Crippen LogP contribution in [0.4, 0.5) is 0 Å². The third-order valence-corrected chi connectivity index (χ3v) is 5.06. The second kappa shape index (κ2) is 6.61. The van der Waals surface area contributed by atoms with Gasteiger partial charge in [0.05, 0.1) is 6.10 Å². The van der Waals surface area contributed by atoms with Crippen LogP contribution in [0.2, 0.25) is 0 Å². The van der Waals surface area contributed by atoms with Crippen LogP contribution in [0.25, 0.3) is 0 Å². The highest BCUT2D eigenvalue weighted by Crippen LogP contribution is 2.36. The second-order valence-corrected chi connectivity index (χ2v) is 7.45. The Morgan fingerprint density at radius 3 is 3.17 bits per heavy atom. The highest BCUT2D eigenvalue weighted by atomic mass is 16.5. The SMILES string of the molecule is CC(C)Cc1cc(C(=O)N2CCC[C@]3(CNCC[C@@H]3O)C2)no1. The lowest BCUT2D eigenvalue weighted by Gasteiger charge is -2.48. The minimum absolute atomic E-state index is 0.0828. The maximum Gasteiger partial charge on any atom is 0.276 e. The van der Waals surface area contributed by atoms with Gasteiger partial charge in [-0.1, -0.05) is 19.0 Å². The van der Waals surface area contributed by atoms with Crippen LogP contribution in [0.5, 0.6) is 0 Å². The van der Waals surface area contributed by atoms with Gasteiger partial charge in [0.25, 0.3) is 5.91 Å². The Bertz CT molecular complexity index is 553. The molecule has 3 heterocycles. The monoisotopic (exact) mass is 321 g/mol. The fourth-order valence-electron chi connectivity index (χ4n) is 3.82. The van der Waals surface area contributed by atoms with Gasteiger partial charge in [-0.15, -0.1) is 0 Å². The van der Waals surface area contributed by atoms with E-state index in [-0.39, 0.29) is 17.4 Å². The van der Waals surface area contributed by atoms with E-state index < -0.39 is 0 Å². The molecule has 23 heavy (non-hydrogen) atoms. The van der Waals surface area contributed by atoms with Crippen molar-refractivity contribution in [2.75, 3.05) is 26.2 Å². The number of carbonyl (C=O) groups is 1. The lowest BCUT2D eigenvalue weighted by molar-refractivity contribution is -0.0434. The highest BCUT2D eigenvalue weighted by Gasteiger charge is 2.44. The summed E-state index contributed by atoms with van der Waals surface area (Å²) in [7, 11) is 0. The van der Waals surface area contributed by atoms with Gasteiger partial charge >= 0.3 is 0 Å². The van der Waals surface area contributed by atoms with Crippen LogP contribution in [0.1, 0.15) is 49.4 Å². The number of piperidine rings is 2. The first-order valence-corrected chi connectivity index (χ1v) is 8.64. The van der Waals surface area contributed by atoms with Gasteiger partial charge in [-0.2, -0.15) is 0 Å². The maximum absolute atomic E-state index is 12.7. The van der Waals surface area contributed by atoms with Gasteiger partial charge in [0.2, 0.25) is 0 Å². The lowest BCUT2D eigenvalue weighted by Crippen LogP contribution is -2.58. The van der Waals surface area contributed by atoms with Gasteiger partial charge in [-0.25, -0.2) is 0 Å². The molecule has 2 saturated heterocycles. The Hall–Kier alpha value is -1.40. The van der Waals surface area contributed by atoms with E-state index in [0.29, 0.717) is 18.2 Å². The van der Waals surface area contributed by atoms with Crippen molar-refractivity contribution in [2.45, 2.75) is 45.6 Å². The number of likely N-dealkylation sites (tertiary alicyclic amines) is 1. The molecule has 0 bridgehead atoms. The molecule has 2 fully saturated rings. The van der Waals surface area contributed by atoms with Crippen LogP contribution in [0.3, 0.4) is 0 Å². The summed E-state index contributed by atoms with van der Waals surface area (Å²) in [6.45, 7) is 7.14. The summed E-state index contributed by atoms with van der Waals surface area (Å²) in [6.07, 6.45) is 3.08. The van der Waals surface area contributed by atoms with E-state index in [1.165, 1.54) is 0 Å². The number of carbonyl (C=O) groups excluding carboxylic acids is 1. The average molecular weight is 321 g/mol. The molecule has 6 heteroatoms. The minimum Gasteiger partial charge on any atom is -0.392 e. The van der Waals surface area contributed by atoms with E-state index in [1.54, 1.807) is 6.07 Å². The van der Waals surface area contributed by atoms with Crippen molar-refractivity contribution >= 4 is 5.91 Å². The zero-order chi connectivity index (χ0) is 16.4. The molecule has 1 spiro atoms. The Morgan fingerprint density at radius 2 is 2.43 bits per heavy atom. The number of hydrogen-bond donors (Lipinski definition) is 2. The van der Waals surface area contributed by atoms with Gasteiger partial charge < -0.3 is 19.8 Å². The number of amides is 1. The molecule has 0 unspecified atom stereocenters. The molecular formula is C17H27N3O3. The molecular weight excluding hydrogens is 294 g/mol. The van der Waals surface area contributed by atoms with Crippen molar-refractivity contribution in [3.63, 3.8) is 0 Å². The average Bonchev–Trinajstić information content (AvgIpc) is 2.97. The van der Waals surface area contributed by atoms with Crippen LogP contribution in [0.15, 0.2) is 10.6 Å². The topological polar surface area (TPSA) is 78.6 Å². The predicted molar refractivity (Wildman–Crippen MR) is 86.1 cm³/mol. The summed E-state index contributed by atoms with van der Waals surface area (Å²) in [6, 6.07) is 1.76. The number of aromatic nitrogens is 1. The van der Waals surface area contributed by atoms with Crippen LogP contribution in [0, 0.1) is 11.3 Å². The van der Waals surface area contributed by atoms with Crippen molar-refractivity contribution < 1.29 is 14.4 Å². The molecule has 128 valence electrons. The number of rotatable bonds is 3. The molecule has 1 amide bonds. The maximum atomic E-state index is 12.7. The highest BCUT2D eigenvalue weighted by molar-refractivity contribution is 5.92. The van der Waals surface area contributed by atoms with Gasteiger partial charge in [-0.05, 0) is 31.7 Å². The van der Waals surface area contributed by atoms with E-state index in [9.17, 15) is 9.90 Å². The second-order valence-electron chi connectivity index (χ2n) is 7.45. The molecule has 2 aliphatic heterocycles. The quantitative estimate of drug-likeness (QED) is 0.881. The zero-order valence-corrected chi connectivity index (χ0v) is 14.0. The van der Waals surface area contributed by atoms with Gasteiger partial charge in [-0.3, -0.25) is 4.79 Å². The first kappa shape index (κ1) is 16.5. The largest absolute Gasteiger partial charge is 0.392 e. The molecule has 0 aliphatic carbocycles. The molecule has 0 saturated carbocycles. The van der Waals surface area contributed by atoms with Crippen LogP contribution < -0.4 is 5.32 Å². The fraction of sp³-hybridized carbons (Fsp3) is 0.765. The molecule has 3 rings (SSSR count). The van der Waals surface area contributed by atoms with E-state index in [1.807, 2.05) is 4.90 Å². The van der Waals surface area contributed by atoms with Crippen LogP contribution in [-0.2, 0) is 6.42 Å². The number of aliphatic hydroxyl groups is 1. The normalized spacial score (nSPS) is 28.5. The standard InChI is InChI=1S/C17H27N3O3/c1-12(2)8-13-9-14(19-23-13)16(22)20-7-3-5-17(11-20)10-18-6-4-15(17)21/h9,12,15,18,21H,3-8,10-11H2,1-2H3/t15-,17-/m0/s1. The number of nitrogens with zero attached hydrogens (tertiary/aromatic N) is 2. The Morgan fingerprint density at radius 1 is 1.61 bits per heavy atom. The van der Waals surface area contributed by atoms with E-state index in [4.69, 9.17) is 4.52 Å². The van der Waals surface area contributed by atoms with Crippen LogP contribution >= 0.6 is 0 Å². The lowest BCUT2D eigenvalue weighted by atomic mass is 9.72. The number of nitrogens with one attached hydrogen (secondary N) is 1.